The van der Waals surface area contributed by atoms with Gasteiger partial charge in [-0.25, -0.2) is 0 Å². The van der Waals surface area contributed by atoms with Crippen molar-refractivity contribution in [1.82, 2.24) is 5.43 Å². The van der Waals surface area contributed by atoms with Crippen LogP contribution in [0.3, 0.4) is 0 Å². The van der Waals surface area contributed by atoms with Crippen LogP contribution in [-0.2, 0) is 11.2 Å². The molecular weight excluding hydrogens is 300 g/mol. The standard InChI is InChI=1S/C12H19BrN2OS/c1-2-16-12(8-3-4-8)10(15-14)7-9-5-6-11(13)17-9/h5-6,8,10,12,15H,2-4,7,14H2,1H3. The molecular formula is C12H19BrN2OS. The molecule has 0 radical (unpaired) electrons. The Kier molecular flexibility index (Phi) is 4.99. The lowest BCUT2D eigenvalue weighted by atomic mass is 10.0. The van der Waals surface area contributed by atoms with E-state index in [1.54, 1.807) is 11.3 Å². The van der Waals surface area contributed by atoms with Crippen LogP contribution in [0.1, 0.15) is 24.6 Å². The number of rotatable bonds is 7. The smallest absolute Gasteiger partial charge is 0.0772 e. The van der Waals surface area contributed by atoms with Crippen LogP contribution in [-0.4, -0.2) is 18.8 Å². The predicted octanol–water partition coefficient (Wildman–Crippen LogP) is 2.70. The van der Waals surface area contributed by atoms with Crippen LogP contribution in [0.4, 0.5) is 0 Å². The largest absolute Gasteiger partial charge is 0.377 e. The van der Waals surface area contributed by atoms with E-state index >= 15 is 0 Å². The molecule has 0 bridgehead atoms. The third-order valence-corrected chi connectivity index (χ3v) is 4.75. The number of nitrogens with two attached hydrogens (primary N) is 1. The number of halogens is 1. The van der Waals surface area contributed by atoms with Gasteiger partial charge in [0.05, 0.1) is 15.9 Å². The molecule has 1 aromatic rings. The molecule has 1 aromatic heterocycles. The number of thiophene rings is 1. The van der Waals surface area contributed by atoms with E-state index in [0.717, 1.165) is 13.0 Å². The van der Waals surface area contributed by atoms with Crippen LogP contribution in [0.25, 0.3) is 0 Å². The van der Waals surface area contributed by atoms with Crippen LogP contribution >= 0.6 is 27.3 Å². The topological polar surface area (TPSA) is 47.3 Å². The second-order valence-corrected chi connectivity index (χ2v) is 6.99. The monoisotopic (exact) mass is 318 g/mol. The molecule has 96 valence electrons. The fourth-order valence-corrected chi connectivity index (χ4v) is 3.69. The van der Waals surface area contributed by atoms with Gasteiger partial charge in [0, 0.05) is 17.9 Å². The van der Waals surface area contributed by atoms with Crippen molar-refractivity contribution in [1.29, 1.82) is 0 Å². The normalized spacial score (nSPS) is 19.2. The van der Waals surface area contributed by atoms with E-state index in [-0.39, 0.29) is 12.1 Å². The SMILES string of the molecule is CCOC(C1CC1)C(Cc1ccc(Br)s1)NN. The zero-order chi connectivity index (χ0) is 12.3. The Labute approximate surface area is 115 Å². The fraction of sp³-hybridized carbons (Fsp3) is 0.667. The number of nitrogens with one attached hydrogen (secondary N) is 1. The Hall–Kier alpha value is 0.0600. The predicted molar refractivity (Wildman–Crippen MR) is 75.0 cm³/mol. The highest BCUT2D eigenvalue weighted by Gasteiger charge is 2.37. The van der Waals surface area contributed by atoms with Gasteiger partial charge in [0.15, 0.2) is 0 Å². The minimum absolute atomic E-state index is 0.216. The van der Waals surface area contributed by atoms with E-state index in [1.165, 1.54) is 21.5 Å². The Morgan fingerprint density at radius 2 is 2.35 bits per heavy atom. The number of hydrazine groups is 1. The molecule has 1 aliphatic rings. The Morgan fingerprint density at radius 1 is 1.59 bits per heavy atom. The summed E-state index contributed by atoms with van der Waals surface area (Å²) in [6.07, 6.45) is 3.74. The summed E-state index contributed by atoms with van der Waals surface area (Å²) < 4.78 is 7.02. The lowest BCUT2D eigenvalue weighted by molar-refractivity contribution is 0.0194. The summed E-state index contributed by atoms with van der Waals surface area (Å²) in [5.74, 6) is 6.38. The van der Waals surface area contributed by atoms with Gasteiger partial charge in [-0.05, 0) is 53.7 Å². The summed E-state index contributed by atoms with van der Waals surface area (Å²) in [7, 11) is 0. The first-order valence-corrected chi connectivity index (χ1v) is 7.67. The highest BCUT2D eigenvalue weighted by molar-refractivity contribution is 9.11. The van der Waals surface area contributed by atoms with Crippen LogP contribution < -0.4 is 11.3 Å². The van der Waals surface area contributed by atoms with Crippen molar-refractivity contribution in [2.24, 2.45) is 11.8 Å². The quantitative estimate of drug-likeness (QED) is 0.600. The molecule has 0 saturated heterocycles. The lowest BCUT2D eigenvalue weighted by Crippen LogP contribution is -2.47. The van der Waals surface area contributed by atoms with Crippen molar-refractivity contribution in [3.63, 3.8) is 0 Å². The van der Waals surface area contributed by atoms with E-state index in [9.17, 15) is 0 Å². The van der Waals surface area contributed by atoms with Gasteiger partial charge >= 0.3 is 0 Å². The molecule has 0 amide bonds. The summed E-state index contributed by atoms with van der Waals surface area (Å²) in [6.45, 7) is 2.80. The van der Waals surface area contributed by atoms with Crippen molar-refractivity contribution >= 4 is 27.3 Å². The average Bonchev–Trinajstić information content (AvgIpc) is 3.07. The van der Waals surface area contributed by atoms with Gasteiger partial charge in [-0.3, -0.25) is 11.3 Å². The van der Waals surface area contributed by atoms with Crippen molar-refractivity contribution in [3.05, 3.63) is 20.8 Å². The summed E-state index contributed by atoms with van der Waals surface area (Å²) in [5, 5.41) is 0. The van der Waals surface area contributed by atoms with E-state index in [4.69, 9.17) is 10.6 Å². The zero-order valence-corrected chi connectivity index (χ0v) is 12.4. The maximum Gasteiger partial charge on any atom is 0.0772 e. The number of hydrogen-bond donors (Lipinski definition) is 2. The van der Waals surface area contributed by atoms with Gasteiger partial charge in [-0.1, -0.05) is 0 Å². The highest BCUT2D eigenvalue weighted by Crippen LogP contribution is 2.37. The van der Waals surface area contributed by atoms with Gasteiger partial charge in [-0.15, -0.1) is 11.3 Å². The summed E-state index contributed by atoms with van der Waals surface area (Å²) in [6, 6.07) is 4.45. The molecule has 3 nitrogen and oxygen atoms in total. The lowest BCUT2D eigenvalue weighted by Gasteiger charge is -2.26. The van der Waals surface area contributed by atoms with Crippen LogP contribution in [0.5, 0.6) is 0 Å². The molecule has 0 aromatic carbocycles. The zero-order valence-electron chi connectivity index (χ0n) is 9.99. The van der Waals surface area contributed by atoms with Crippen molar-refractivity contribution in [3.8, 4) is 0 Å². The third-order valence-electron chi connectivity index (χ3n) is 3.11. The highest BCUT2D eigenvalue weighted by atomic mass is 79.9. The van der Waals surface area contributed by atoms with E-state index < -0.39 is 0 Å². The number of ether oxygens (including phenoxy) is 1. The van der Waals surface area contributed by atoms with Crippen LogP contribution in [0, 0.1) is 5.92 Å². The molecule has 17 heavy (non-hydrogen) atoms. The van der Waals surface area contributed by atoms with Gasteiger partial charge in [-0.2, -0.15) is 0 Å². The van der Waals surface area contributed by atoms with Gasteiger partial charge in [0.1, 0.15) is 0 Å². The molecule has 1 aliphatic carbocycles. The summed E-state index contributed by atoms with van der Waals surface area (Å²) >= 11 is 5.25. The summed E-state index contributed by atoms with van der Waals surface area (Å²) in [4.78, 5) is 1.34. The Bertz CT molecular complexity index is 354. The van der Waals surface area contributed by atoms with Gasteiger partial charge in [0.2, 0.25) is 0 Å². The van der Waals surface area contributed by atoms with Crippen molar-refractivity contribution < 1.29 is 4.74 Å². The molecule has 3 N–H and O–H groups in total. The van der Waals surface area contributed by atoms with Gasteiger partial charge < -0.3 is 4.74 Å². The second kappa shape index (κ2) is 6.29. The first-order valence-electron chi connectivity index (χ1n) is 6.06. The molecule has 2 unspecified atom stereocenters. The first-order chi connectivity index (χ1) is 8.24. The van der Waals surface area contributed by atoms with Crippen molar-refractivity contribution in [2.75, 3.05) is 6.61 Å². The average molecular weight is 319 g/mol. The second-order valence-electron chi connectivity index (χ2n) is 4.44. The molecule has 1 heterocycles. The maximum absolute atomic E-state index is 5.85. The van der Waals surface area contributed by atoms with Gasteiger partial charge in [0.25, 0.3) is 0 Å². The fourth-order valence-electron chi connectivity index (χ4n) is 2.15. The maximum atomic E-state index is 5.85. The molecule has 0 spiro atoms. The Morgan fingerprint density at radius 3 is 2.82 bits per heavy atom. The minimum atomic E-state index is 0.216. The minimum Gasteiger partial charge on any atom is -0.377 e. The van der Waals surface area contributed by atoms with E-state index in [1.807, 2.05) is 6.92 Å². The van der Waals surface area contributed by atoms with Crippen molar-refractivity contribution in [2.45, 2.75) is 38.3 Å². The third kappa shape index (κ3) is 3.76. The number of hydrogen-bond acceptors (Lipinski definition) is 4. The molecule has 2 atom stereocenters. The van der Waals surface area contributed by atoms with Crippen LogP contribution in [0.15, 0.2) is 15.9 Å². The molecule has 1 fully saturated rings. The molecule has 0 aliphatic heterocycles. The van der Waals surface area contributed by atoms with E-state index in [0.29, 0.717) is 5.92 Å². The van der Waals surface area contributed by atoms with Crippen LogP contribution in [0.2, 0.25) is 0 Å². The molecule has 1 saturated carbocycles. The molecule has 2 rings (SSSR count). The van der Waals surface area contributed by atoms with E-state index in [2.05, 4.69) is 33.5 Å². The first kappa shape index (κ1) is 13.5. The Balaban J connectivity index is 1.98. The summed E-state index contributed by atoms with van der Waals surface area (Å²) in [5.41, 5.74) is 2.93. The molecule has 5 heteroatoms.